The fourth-order valence-corrected chi connectivity index (χ4v) is 2.86. The number of rotatable bonds is 5. The third kappa shape index (κ3) is 2.79. The highest BCUT2D eigenvalue weighted by molar-refractivity contribution is 7.71. The molecule has 0 amide bonds. The number of nitrogens with zero attached hydrogens (tertiary/aromatic N) is 1. The second-order valence-electron chi connectivity index (χ2n) is 4.66. The van der Waals surface area contributed by atoms with Gasteiger partial charge in [-0.05, 0) is 38.7 Å². The van der Waals surface area contributed by atoms with Gasteiger partial charge in [-0.25, -0.2) is 4.98 Å². The summed E-state index contributed by atoms with van der Waals surface area (Å²) < 4.78 is 11.7. The Labute approximate surface area is 113 Å². The highest BCUT2D eigenvalue weighted by Crippen LogP contribution is 2.40. The van der Waals surface area contributed by atoms with Crippen molar-refractivity contribution in [1.29, 1.82) is 0 Å². The standard InChI is InChI=1S/C13H20N2O2S/c1-3-17-13(6-4-5-7-13)12-14-10(9-16-2)8-11(18)15-12/h8H,3-7,9H2,1-2H3,(H,14,15,18). The topological polar surface area (TPSA) is 47.1 Å². The van der Waals surface area contributed by atoms with Crippen molar-refractivity contribution in [3.05, 3.63) is 22.2 Å². The number of hydrogen-bond donors (Lipinski definition) is 1. The summed E-state index contributed by atoms with van der Waals surface area (Å²) in [6.45, 7) is 3.23. The van der Waals surface area contributed by atoms with E-state index in [4.69, 9.17) is 21.7 Å². The van der Waals surface area contributed by atoms with Gasteiger partial charge in [-0.15, -0.1) is 0 Å². The summed E-state index contributed by atoms with van der Waals surface area (Å²) in [5.41, 5.74) is 0.685. The predicted octanol–water partition coefficient (Wildman–Crippen LogP) is 3.09. The molecule has 1 aromatic heterocycles. The van der Waals surface area contributed by atoms with Crippen LogP contribution in [0.25, 0.3) is 0 Å². The Morgan fingerprint density at radius 3 is 2.78 bits per heavy atom. The monoisotopic (exact) mass is 268 g/mol. The van der Waals surface area contributed by atoms with Crippen LogP contribution < -0.4 is 0 Å². The van der Waals surface area contributed by atoms with Gasteiger partial charge in [0.25, 0.3) is 0 Å². The smallest absolute Gasteiger partial charge is 0.140 e. The minimum Gasteiger partial charge on any atom is -0.378 e. The molecule has 0 unspecified atom stereocenters. The molecule has 0 radical (unpaired) electrons. The lowest BCUT2D eigenvalue weighted by molar-refractivity contribution is -0.0460. The highest BCUT2D eigenvalue weighted by atomic mass is 32.1. The Bertz CT molecular complexity index is 453. The molecule has 4 nitrogen and oxygen atoms in total. The first-order chi connectivity index (χ1) is 8.70. The summed E-state index contributed by atoms with van der Waals surface area (Å²) in [5, 5.41) is 0. The Balaban J connectivity index is 2.38. The van der Waals surface area contributed by atoms with Gasteiger partial charge in [0.05, 0.1) is 6.61 Å². The fraction of sp³-hybridized carbons (Fsp3) is 0.692. The van der Waals surface area contributed by atoms with Gasteiger partial charge in [0.1, 0.15) is 16.1 Å². The molecule has 0 spiro atoms. The Hall–Kier alpha value is -0.780. The molecular weight excluding hydrogens is 248 g/mol. The number of aromatic amines is 1. The first-order valence-corrected chi connectivity index (χ1v) is 6.84. The Morgan fingerprint density at radius 1 is 1.44 bits per heavy atom. The van der Waals surface area contributed by atoms with Gasteiger partial charge >= 0.3 is 0 Å². The highest BCUT2D eigenvalue weighted by Gasteiger charge is 2.38. The van der Waals surface area contributed by atoms with Gasteiger partial charge in [-0.2, -0.15) is 0 Å². The van der Waals surface area contributed by atoms with Gasteiger partial charge in [0, 0.05) is 19.4 Å². The van der Waals surface area contributed by atoms with E-state index in [1.807, 2.05) is 13.0 Å². The van der Waals surface area contributed by atoms with Crippen molar-refractivity contribution in [1.82, 2.24) is 9.97 Å². The molecular formula is C13H20N2O2S. The molecule has 100 valence electrons. The maximum atomic E-state index is 5.98. The van der Waals surface area contributed by atoms with Crippen LogP contribution in [-0.2, 0) is 21.7 Å². The lowest BCUT2D eigenvalue weighted by Gasteiger charge is -2.28. The number of nitrogens with one attached hydrogen (secondary N) is 1. The fourth-order valence-electron chi connectivity index (χ4n) is 2.63. The molecule has 18 heavy (non-hydrogen) atoms. The summed E-state index contributed by atoms with van der Waals surface area (Å²) in [6, 6.07) is 1.84. The van der Waals surface area contributed by atoms with Crippen LogP contribution in [0.15, 0.2) is 6.07 Å². The van der Waals surface area contributed by atoms with E-state index in [-0.39, 0.29) is 5.60 Å². The number of hydrogen-bond acceptors (Lipinski definition) is 4. The Kier molecular flexibility index (Phi) is 4.48. The lowest BCUT2D eigenvalue weighted by atomic mass is 10.0. The van der Waals surface area contributed by atoms with Gasteiger partial charge in [0.2, 0.25) is 0 Å². The van der Waals surface area contributed by atoms with Crippen LogP contribution in [0.2, 0.25) is 0 Å². The number of methoxy groups -OCH3 is 1. The molecule has 1 saturated carbocycles. The zero-order valence-corrected chi connectivity index (χ0v) is 11.8. The van der Waals surface area contributed by atoms with Crippen LogP contribution in [0.5, 0.6) is 0 Å². The average molecular weight is 268 g/mol. The molecule has 1 fully saturated rings. The van der Waals surface area contributed by atoms with Crippen molar-refractivity contribution in [3.63, 3.8) is 0 Å². The van der Waals surface area contributed by atoms with Gasteiger partial charge in [0.15, 0.2) is 0 Å². The van der Waals surface area contributed by atoms with E-state index in [9.17, 15) is 0 Å². The third-order valence-electron chi connectivity index (χ3n) is 3.36. The molecule has 5 heteroatoms. The molecule has 1 heterocycles. The average Bonchev–Trinajstić information content (AvgIpc) is 2.79. The van der Waals surface area contributed by atoms with Crippen molar-refractivity contribution < 1.29 is 9.47 Å². The van der Waals surface area contributed by atoms with Gasteiger partial charge in [-0.1, -0.05) is 12.2 Å². The van der Waals surface area contributed by atoms with Crippen molar-refractivity contribution in [3.8, 4) is 0 Å². The van der Waals surface area contributed by atoms with Crippen molar-refractivity contribution in [2.24, 2.45) is 0 Å². The molecule has 0 aliphatic heterocycles. The van der Waals surface area contributed by atoms with Crippen LogP contribution in [0, 0.1) is 4.64 Å². The second-order valence-corrected chi connectivity index (χ2v) is 5.08. The summed E-state index contributed by atoms with van der Waals surface area (Å²) >= 11 is 5.23. The molecule has 0 atom stereocenters. The summed E-state index contributed by atoms with van der Waals surface area (Å²) in [7, 11) is 1.67. The molecule has 2 rings (SSSR count). The summed E-state index contributed by atoms with van der Waals surface area (Å²) in [6.07, 6.45) is 4.37. The van der Waals surface area contributed by atoms with Gasteiger partial charge in [-0.3, -0.25) is 0 Å². The zero-order valence-electron chi connectivity index (χ0n) is 11.0. The molecule has 0 saturated heterocycles. The normalized spacial score (nSPS) is 18.1. The second kappa shape index (κ2) is 5.91. The van der Waals surface area contributed by atoms with Crippen molar-refractivity contribution in [2.75, 3.05) is 13.7 Å². The quantitative estimate of drug-likeness (QED) is 0.834. The van der Waals surface area contributed by atoms with Crippen molar-refractivity contribution in [2.45, 2.75) is 44.8 Å². The van der Waals surface area contributed by atoms with Crippen LogP contribution in [0.1, 0.15) is 44.1 Å². The minimum absolute atomic E-state index is 0.272. The molecule has 1 aromatic rings. The van der Waals surface area contributed by atoms with Crippen LogP contribution in [0.4, 0.5) is 0 Å². The summed E-state index contributed by atoms with van der Waals surface area (Å²) in [4.78, 5) is 7.79. The maximum absolute atomic E-state index is 5.98. The first kappa shape index (κ1) is 13.6. The minimum atomic E-state index is -0.272. The predicted molar refractivity (Wildman–Crippen MR) is 71.9 cm³/mol. The van der Waals surface area contributed by atoms with Crippen LogP contribution in [0.3, 0.4) is 0 Å². The van der Waals surface area contributed by atoms with E-state index in [0.29, 0.717) is 17.9 Å². The molecule has 1 aliphatic rings. The van der Waals surface area contributed by atoms with Crippen LogP contribution >= 0.6 is 12.2 Å². The van der Waals surface area contributed by atoms with E-state index < -0.39 is 0 Å². The largest absolute Gasteiger partial charge is 0.378 e. The van der Waals surface area contributed by atoms with Gasteiger partial charge < -0.3 is 14.5 Å². The number of aromatic nitrogens is 2. The van der Waals surface area contributed by atoms with E-state index in [0.717, 1.165) is 24.4 Å². The Morgan fingerprint density at radius 2 is 2.17 bits per heavy atom. The lowest BCUT2D eigenvalue weighted by Crippen LogP contribution is -2.29. The zero-order chi connectivity index (χ0) is 13.0. The summed E-state index contributed by atoms with van der Waals surface area (Å²) in [5.74, 6) is 0.862. The maximum Gasteiger partial charge on any atom is 0.140 e. The molecule has 0 bridgehead atoms. The van der Waals surface area contributed by atoms with E-state index in [1.54, 1.807) is 7.11 Å². The van der Waals surface area contributed by atoms with Crippen molar-refractivity contribution >= 4 is 12.2 Å². The molecule has 1 N–H and O–H groups in total. The van der Waals surface area contributed by atoms with E-state index in [2.05, 4.69) is 9.97 Å². The first-order valence-electron chi connectivity index (χ1n) is 6.44. The van der Waals surface area contributed by atoms with Crippen LogP contribution in [-0.4, -0.2) is 23.7 Å². The third-order valence-corrected chi connectivity index (χ3v) is 3.57. The molecule has 0 aromatic carbocycles. The SMILES string of the molecule is CCOC1(c2nc(=S)cc(COC)[nH]2)CCCC1. The molecule has 1 aliphatic carbocycles. The number of H-pyrrole nitrogens is 1. The van der Waals surface area contributed by atoms with E-state index in [1.165, 1.54) is 12.8 Å². The number of ether oxygens (including phenoxy) is 2. The van der Waals surface area contributed by atoms with E-state index >= 15 is 0 Å².